The van der Waals surface area contributed by atoms with Gasteiger partial charge < -0.3 is 9.80 Å². The van der Waals surface area contributed by atoms with Gasteiger partial charge in [0, 0.05) is 6.04 Å². The Morgan fingerprint density at radius 1 is 0.750 bits per heavy atom. The predicted octanol–water partition coefficient (Wildman–Crippen LogP) is 3.23. The SMILES string of the molecule is CC(CCCCCCCCN(C)C)N(C)C. The summed E-state index contributed by atoms with van der Waals surface area (Å²) in [5, 5.41) is 0. The zero-order chi connectivity index (χ0) is 12.4. The van der Waals surface area contributed by atoms with Gasteiger partial charge >= 0.3 is 0 Å². The summed E-state index contributed by atoms with van der Waals surface area (Å²) in [4.78, 5) is 4.59. The first kappa shape index (κ1) is 15.9. The van der Waals surface area contributed by atoms with E-state index < -0.39 is 0 Å². The van der Waals surface area contributed by atoms with Gasteiger partial charge in [0.1, 0.15) is 0 Å². The van der Waals surface area contributed by atoms with E-state index >= 15 is 0 Å². The Bertz CT molecular complexity index is 144. The van der Waals surface area contributed by atoms with Gasteiger partial charge in [0.15, 0.2) is 0 Å². The van der Waals surface area contributed by atoms with Crippen molar-refractivity contribution < 1.29 is 0 Å². The van der Waals surface area contributed by atoms with Crippen LogP contribution in [0, 0.1) is 0 Å². The Morgan fingerprint density at radius 3 is 1.75 bits per heavy atom. The lowest BCUT2D eigenvalue weighted by atomic mass is 10.1. The maximum absolute atomic E-state index is 2.32. The molecule has 0 aromatic heterocycles. The van der Waals surface area contributed by atoms with E-state index in [9.17, 15) is 0 Å². The summed E-state index contributed by atoms with van der Waals surface area (Å²) in [6.45, 7) is 3.56. The molecule has 0 radical (unpaired) electrons. The van der Waals surface area contributed by atoms with Gasteiger partial charge in [0.25, 0.3) is 0 Å². The Balaban J connectivity index is 3.10. The lowest BCUT2D eigenvalue weighted by Crippen LogP contribution is -2.24. The Labute approximate surface area is 103 Å². The van der Waals surface area contributed by atoms with Crippen LogP contribution in [-0.2, 0) is 0 Å². The molecule has 0 rings (SSSR count). The van der Waals surface area contributed by atoms with Crippen molar-refractivity contribution in [3.05, 3.63) is 0 Å². The van der Waals surface area contributed by atoms with Crippen LogP contribution >= 0.6 is 0 Å². The minimum Gasteiger partial charge on any atom is -0.309 e. The van der Waals surface area contributed by atoms with Crippen LogP contribution in [0.15, 0.2) is 0 Å². The molecule has 0 fully saturated rings. The van der Waals surface area contributed by atoms with Crippen molar-refractivity contribution in [3.63, 3.8) is 0 Å². The number of rotatable bonds is 10. The first-order valence-electron chi connectivity index (χ1n) is 6.85. The topological polar surface area (TPSA) is 6.48 Å². The van der Waals surface area contributed by atoms with Gasteiger partial charge in [0.2, 0.25) is 0 Å². The van der Waals surface area contributed by atoms with Crippen LogP contribution in [0.1, 0.15) is 51.9 Å². The quantitative estimate of drug-likeness (QED) is 0.530. The highest BCUT2D eigenvalue weighted by atomic mass is 15.1. The van der Waals surface area contributed by atoms with Crippen LogP contribution in [-0.4, -0.2) is 50.6 Å². The summed E-state index contributed by atoms with van der Waals surface area (Å²) >= 11 is 0. The van der Waals surface area contributed by atoms with Crippen molar-refractivity contribution in [2.45, 2.75) is 57.9 Å². The molecule has 98 valence electrons. The summed E-state index contributed by atoms with van der Waals surface area (Å²) in [7, 11) is 8.66. The monoisotopic (exact) mass is 228 g/mol. The molecule has 0 N–H and O–H groups in total. The Hall–Kier alpha value is -0.0800. The van der Waals surface area contributed by atoms with Gasteiger partial charge in [-0.05, 0) is 54.5 Å². The van der Waals surface area contributed by atoms with Crippen molar-refractivity contribution in [1.82, 2.24) is 9.80 Å². The number of hydrogen-bond donors (Lipinski definition) is 0. The summed E-state index contributed by atoms with van der Waals surface area (Å²) in [5.41, 5.74) is 0. The van der Waals surface area contributed by atoms with Gasteiger partial charge in [-0.25, -0.2) is 0 Å². The molecular formula is C14H32N2. The number of unbranched alkanes of at least 4 members (excludes halogenated alkanes) is 5. The Morgan fingerprint density at radius 2 is 1.25 bits per heavy atom. The third kappa shape index (κ3) is 10.4. The normalized spacial score (nSPS) is 13.7. The Kier molecular flexibility index (Phi) is 10.0. The molecule has 0 bridgehead atoms. The van der Waals surface area contributed by atoms with Crippen molar-refractivity contribution in [2.75, 3.05) is 34.7 Å². The van der Waals surface area contributed by atoms with Crippen LogP contribution in [0.5, 0.6) is 0 Å². The molecule has 0 aliphatic rings. The maximum Gasteiger partial charge on any atom is 0.00608 e. The third-order valence-electron chi connectivity index (χ3n) is 3.36. The molecule has 0 aromatic rings. The molecule has 0 aromatic carbocycles. The van der Waals surface area contributed by atoms with E-state index in [1.165, 1.54) is 51.5 Å². The molecule has 0 amide bonds. The number of hydrogen-bond acceptors (Lipinski definition) is 2. The second-order valence-electron chi connectivity index (χ2n) is 5.53. The molecular weight excluding hydrogens is 196 g/mol. The molecule has 0 aliphatic heterocycles. The largest absolute Gasteiger partial charge is 0.309 e. The highest BCUT2D eigenvalue weighted by Gasteiger charge is 2.02. The van der Waals surface area contributed by atoms with Crippen LogP contribution in [0.2, 0.25) is 0 Å². The molecule has 0 aliphatic carbocycles. The first-order valence-corrected chi connectivity index (χ1v) is 6.85. The highest BCUT2D eigenvalue weighted by molar-refractivity contribution is 4.59. The first-order chi connectivity index (χ1) is 7.54. The molecule has 0 saturated heterocycles. The van der Waals surface area contributed by atoms with Crippen LogP contribution < -0.4 is 0 Å². The molecule has 1 atom stereocenters. The van der Waals surface area contributed by atoms with Crippen LogP contribution in [0.3, 0.4) is 0 Å². The number of nitrogens with zero attached hydrogens (tertiary/aromatic N) is 2. The molecule has 1 unspecified atom stereocenters. The summed E-state index contributed by atoms with van der Waals surface area (Å²) in [6.07, 6.45) is 9.78. The summed E-state index contributed by atoms with van der Waals surface area (Å²) in [5.74, 6) is 0. The molecule has 2 heteroatoms. The minimum atomic E-state index is 0.744. The molecule has 0 heterocycles. The van der Waals surface area contributed by atoms with Gasteiger partial charge in [-0.15, -0.1) is 0 Å². The van der Waals surface area contributed by atoms with E-state index in [0.717, 1.165) is 6.04 Å². The van der Waals surface area contributed by atoms with Crippen molar-refractivity contribution in [1.29, 1.82) is 0 Å². The van der Waals surface area contributed by atoms with E-state index in [-0.39, 0.29) is 0 Å². The van der Waals surface area contributed by atoms with E-state index in [0.29, 0.717) is 0 Å². The average molecular weight is 228 g/mol. The molecule has 16 heavy (non-hydrogen) atoms. The standard InChI is InChI=1S/C14H32N2/c1-14(16(4)5)12-10-8-6-7-9-11-13-15(2)3/h14H,6-13H2,1-5H3. The van der Waals surface area contributed by atoms with Crippen LogP contribution in [0.4, 0.5) is 0 Å². The van der Waals surface area contributed by atoms with Gasteiger partial charge in [0.05, 0.1) is 0 Å². The second-order valence-corrected chi connectivity index (χ2v) is 5.53. The molecule has 2 nitrogen and oxygen atoms in total. The predicted molar refractivity (Wildman–Crippen MR) is 74.0 cm³/mol. The van der Waals surface area contributed by atoms with Crippen molar-refractivity contribution in [3.8, 4) is 0 Å². The van der Waals surface area contributed by atoms with Gasteiger partial charge in [-0.3, -0.25) is 0 Å². The highest BCUT2D eigenvalue weighted by Crippen LogP contribution is 2.10. The zero-order valence-electron chi connectivity index (χ0n) is 12.1. The third-order valence-corrected chi connectivity index (χ3v) is 3.36. The lowest BCUT2D eigenvalue weighted by Gasteiger charge is -2.19. The maximum atomic E-state index is 2.32. The van der Waals surface area contributed by atoms with Gasteiger partial charge in [-0.2, -0.15) is 0 Å². The lowest BCUT2D eigenvalue weighted by molar-refractivity contribution is 0.291. The molecule has 0 spiro atoms. The molecule has 0 saturated carbocycles. The van der Waals surface area contributed by atoms with Crippen molar-refractivity contribution >= 4 is 0 Å². The fourth-order valence-electron chi connectivity index (χ4n) is 1.83. The van der Waals surface area contributed by atoms with E-state index in [1.54, 1.807) is 0 Å². The average Bonchev–Trinajstić information content (AvgIpc) is 2.21. The van der Waals surface area contributed by atoms with E-state index in [1.807, 2.05) is 0 Å². The fourth-order valence-corrected chi connectivity index (χ4v) is 1.83. The van der Waals surface area contributed by atoms with Crippen molar-refractivity contribution in [2.24, 2.45) is 0 Å². The van der Waals surface area contributed by atoms with Crippen LogP contribution in [0.25, 0.3) is 0 Å². The fraction of sp³-hybridized carbons (Fsp3) is 1.00. The smallest absolute Gasteiger partial charge is 0.00608 e. The van der Waals surface area contributed by atoms with Gasteiger partial charge in [-0.1, -0.05) is 32.1 Å². The van der Waals surface area contributed by atoms with E-state index in [2.05, 4.69) is 44.9 Å². The summed E-state index contributed by atoms with van der Waals surface area (Å²) < 4.78 is 0. The summed E-state index contributed by atoms with van der Waals surface area (Å²) in [6, 6.07) is 0.744. The minimum absolute atomic E-state index is 0.744. The van der Waals surface area contributed by atoms with E-state index in [4.69, 9.17) is 0 Å². The zero-order valence-corrected chi connectivity index (χ0v) is 12.1. The second kappa shape index (κ2) is 10.1.